The van der Waals surface area contributed by atoms with E-state index in [-0.39, 0.29) is 24.7 Å². The van der Waals surface area contributed by atoms with Crippen molar-refractivity contribution in [2.75, 3.05) is 24.5 Å². The zero-order valence-corrected chi connectivity index (χ0v) is 16.2. The number of rotatable bonds is 1. The van der Waals surface area contributed by atoms with Crippen LogP contribution in [0.15, 0.2) is 18.3 Å². The van der Waals surface area contributed by atoms with Gasteiger partial charge in [-0.15, -0.1) is 0 Å². The molecule has 2 aliphatic rings. The molecule has 0 N–H and O–H groups in total. The van der Waals surface area contributed by atoms with Crippen molar-refractivity contribution in [3.05, 3.63) is 24.0 Å². The molecule has 1 aromatic heterocycles. The molecule has 0 aromatic carbocycles. The summed E-state index contributed by atoms with van der Waals surface area (Å²) in [6.45, 7) is 6.05. The number of carbonyl (C=O) groups is 2. The Bertz CT molecular complexity index is 776. The summed E-state index contributed by atoms with van der Waals surface area (Å²) in [5, 5.41) is 0. The summed E-state index contributed by atoms with van der Waals surface area (Å²) in [6.07, 6.45) is -2.58. The van der Waals surface area contributed by atoms with Crippen molar-refractivity contribution in [2.45, 2.75) is 51.8 Å². The van der Waals surface area contributed by atoms with Gasteiger partial charge >= 0.3 is 12.3 Å². The van der Waals surface area contributed by atoms with Crippen LogP contribution in [0.25, 0.3) is 0 Å². The van der Waals surface area contributed by atoms with Gasteiger partial charge in [-0.2, -0.15) is 13.2 Å². The van der Waals surface area contributed by atoms with Crippen LogP contribution in [0.4, 0.5) is 23.7 Å². The lowest BCUT2D eigenvalue weighted by Gasteiger charge is -2.39. The number of hydrogen-bond acceptors (Lipinski definition) is 4. The number of nitrogens with zero attached hydrogens (tertiary/aromatic N) is 3. The highest BCUT2D eigenvalue weighted by Crippen LogP contribution is 2.44. The van der Waals surface area contributed by atoms with Crippen LogP contribution < -0.4 is 4.90 Å². The molecule has 1 aromatic rings. The van der Waals surface area contributed by atoms with Crippen LogP contribution in [-0.2, 0) is 15.7 Å². The molecule has 9 heteroatoms. The molecule has 0 bridgehead atoms. The second kappa shape index (κ2) is 6.93. The van der Waals surface area contributed by atoms with Crippen LogP contribution in [-0.4, -0.2) is 47.1 Å². The monoisotopic (exact) mass is 399 g/mol. The lowest BCUT2D eigenvalue weighted by molar-refractivity contribution is -0.140. The second-order valence-corrected chi connectivity index (χ2v) is 8.36. The topological polar surface area (TPSA) is 62.7 Å². The van der Waals surface area contributed by atoms with Gasteiger partial charge in [0.25, 0.3) is 0 Å². The third-order valence-corrected chi connectivity index (χ3v) is 5.09. The molecule has 2 saturated heterocycles. The summed E-state index contributed by atoms with van der Waals surface area (Å²) in [7, 11) is 0. The van der Waals surface area contributed by atoms with Gasteiger partial charge in [-0.05, 0) is 52.2 Å². The summed E-state index contributed by atoms with van der Waals surface area (Å²) < 4.78 is 45.3. The number of aromatic nitrogens is 1. The van der Waals surface area contributed by atoms with Crippen LogP contribution in [0.3, 0.4) is 0 Å². The Morgan fingerprint density at radius 3 is 2.57 bits per heavy atom. The maximum absolute atomic E-state index is 13.3. The minimum Gasteiger partial charge on any atom is -0.444 e. The summed E-state index contributed by atoms with van der Waals surface area (Å²) >= 11 is 0. The summed E-state index contributed by atoms with van der Waals surface area (Å²) in [6, 6.07) is 2.65. The number of piperidine rings is 1. The summed E-state index contributed by atoms with van der Waals surface area (Å²) in [5.74, 6) is -0.390. The molecule has 6 nitrogen and oxygen atoms in total. The second-order valence-electron chi connectivity index (χ2n) is 8.36. The first-order valence-corrected chi connectivity index (χ1v) is 9.25. The Hall–Kier alpha value is -2.32. The fraction of sp³-hybridized carbons (Fsp3) is 0.632. The van der Waals surface area contributed by atoms with E-state index in [4.69, 9.17) is 4.74 Å². The number of carbonyl (C=O) groups excluding carboxylic acids is 2. The van der Waals surface area contributed by atoms with E-state index in [0.29, 0.717) is 25.8 Å². The maximum Gasteiger partial charge on any atom is 0.435 e. The number of anilines is 1. The Morgan fingerprint density at radius 1 is 1.21 bits per heavy atom. The minimum atomic E-state index is -4.65. The van der Waals surface area contributed by atoms with Crippen LogP contribution in [0, 0.1) is 5.41 Å². The average molecular weight is 399 g/mol. The molecule has 2 fully saturated rings. The number of pyridine rings is 1. The van der Waals surface area contributed by atoms with Gasteiger partial charge in [0, 0.05) is 25.8 Å². The van der Waals surface area contributed by atoms with E-state index in [1.807, 2.05) is 0 Å². The van der Waals surface area contributed by atoms with Gasteiger partial charge in [0.2, 0.25) is 5.91 Å². The molecule has 0 aliphatic carbocycles. The zero-order chi connectivity index (χ0) is 20.7. The average Bonchev–Trinajstić information content (AvgIpc) is 2.89. The van der Waals surface area contributed by atoms with Gasteiger partial charge in [0.15, 0.2) is 5.69 Å². The summed E-state index contributed by atoms with van der Waals surface area (Å²) in [4.78, 5) is 31.7. The number of alkyl halides is 3. The normalized spacial score (nSPS) is 23.4. The molecule has 2 amide bonds. The first kappa shape index (κ1) is 20.4. The number of halogens is 3. The van der Waals surface area contributed by atoms with Crippen molar-refractivity contribution in [1.29, 1.82) is 0 Å². The lowest BCUT2D eigenvalue weighted by Crippen LogP contribution is -2.51. The smallest absolute Gasteiger partial charge is 0.435 e. The van der Waals surface area contributed by atoms with Crippen molar-refractivity contribution in [1.82, 2.24) is 9.88 Å². The van der Waals surface area contributed by atoms with Crippen LogP contribution >= 0.6 is 0 Å². The van der Waals surface area contributed by atoms with Gasteiger partial charge < -0.3 is 14.5 Å². The van der Waals surface area contributed by atoms with E-state index in [0.717, 1.165) is 11.1 Å². The number of hydrogen-bond donors (Lipinski definition) is 0. The maximum atomic E-state index is 13.3. The largest absolute Gasteiger partial charge is 0.444 e. The van der Waals surface area contributed by atoms with Gasteiger partial charge in [0.1, 0.15) is 5.60 Å². The van der Waals surface area contributed by atoms with Crippen molar-refractivity contribution < 1.29 is 27.5 Å². The Kier molecular flexibility index (Phi) is 5.05. The van der Waals surface area contributed by atoms with E-state index < -0.39 is 29.0 Å². The fourth-order valence-electron chi connectivity index (χ4n) is 3.88. The van der Waals surface area contributed by atoms with Crippen molar-refractivity contribution in [3.8, 4) is 0 Å². The van der Waals surface area contributed by atoms with Gasteiger partial charge in [-0.3, -0.25) is 4.79 Å². The predicted octanol–water partition coefficient (Wildman–Crippen LogP) is 3.85. The van der Waals surface area contributed by atoms with Crippen molar-refractivity contribution in [2.24, 2.45) is 5.41 Å². The first-order valence-electron chi connectivity index (χ1n) is 9.25. The minimum absolute atomic E-state index is 0.152. The van der Waals surface area contributed by atoms with Crippen LogP contribution in [0.5, 0.6) is 0 Å². The van der Waals surface area contributed by atoms with Gasteiger partial charge in [-0.1, -0.05) is 0 Å². The van der Waals surface area contributed by atoms with E-state index in [2.05, 4.69) is 4.98 Å². The predicted molar refractivity (Wildman–Crippen MR) is 95.7 cm³/mol. The van der Waals surface area contributed by atoms with Crippen molar-refractivity contribution >= 4 is 17.7 Å². The SMILES string of the molecule is CC(C)(C)OC(=O)N1CCCC2(CCN(c3cccnc3C(F)(F)F)C2=O)C1. The molecule has 28 heavy (non-hydrogen) atoms. The van der Waals surface area contributed by atoms with E-state index in [1.54, 1.807) is 20.8 Å². The third-order valence-electron chi connectivity index (χ3n) is 5.09. The molecule has 1 spiro atoms. The summed E-state index contributed by atoms with van der Waals surface area (Å²) in [5.41, 5.74) is -2.84. The van der Waals surface area contributed by atoms with Gasteiger partial charge in [-0.25, -0.2) is 9.78 Å². The quantitative estimate of drug-likeness (QED) is 0.720. The lowest BCUT2D eigenvalue weighted by atomic mass is 9.78. The molecule has 0 saturated carbocycles. The molecule has 3 rings (SSSR count). The molecule has 1 unspecified atom stereocenters. The number of likely N-dealkylation sites (tertiary alicyclic amines) is 1. The molecule has 154 valence electrons. The molecule has 2 aliphatic heterocycles. The van der Waals surface area contributed by atoms with Crippen LogP contribution in [0.1, 0.15) is 45.7 Å². The highest BCUT2D eigenvalue weighted by atomic mass is 19.4. The van der Waals surface area contributed by atoms with Crippen LogP contribution in [0.2, 0.25) is 0 Å². The highest BCUT2D eigenvalue weighted by Gasteiger charge is 2.52. The fourth-order valence-corrected chi connectivity index (χ4v) is 3.88. The number of ether oxygens (including phenoxy) is 1. The molecular weight excluding hydrogens is 375 g/mol. The zero-order valence-electron chi connectivity index (χ0n) is 16.2. The van der Waals surface area contributed by atoms with E-state index in [1.165, 1.54) is 17.0 Å². The Labute approximate surface area is 161 Å². The van der Waals surface area contributed by atoms with E-state index in [9.17, 15) is 22.8 Å². The van der Waals surface area contributed by atoms with E-state index >= 15 is 0 Å². The molecular formula is C19H24F3N3O3. The highest BCUT2D eigenvalue weighted by molar-refractivity contribution is 6.00. The Morgan fingerprint density at radius 2 is 1.93 bits per heavy atom. The number of amides is 2. The van der Waals surface area contributed by atoms with Crippen molar-refractivity contribution in [3.63, 3.8) is 0 Å². The Balaban J connectivity index is 1.83. The standard InChI is InChI=1S/C19H24F3N3O3/c1-17(2,3)28-16(27)24-10-5-7-18(12-24)8-11-25(15(18)26)13-6-4-9-23-14(13)19(20,21)22/h4,6,9H,5,7-8,10-12H2,1-3H3. The first-order chi connectivity index (χ1) is 12.9. The molecule has 1 atom stereocenters. The molecule has 0 radical (unpaired) electrons. The third kappa shape index (κ3) is 3.93. The van der Waals surface area contributed by atoms with Gasteiger partial charge in [0.05, 0.1) is 11.1 Å². The molecule has 3 heterocycles.